The van der Waals surface area contributed by atoms with Crippen LogP contribution in [0.15, 0.2) is 71.6 Å². The van der Waals surface area contributed by atoms with E-state index >= 15 is 0 Å². The number of hydrogen-bond acceptors (Lipinski definition) is 6. The number of rotatable bonds is 9. The zero-order chi connectivity index (χ0) is 24.9. The first kappa shape index (κ1) is 24.8. The van der Waals surface area contributed by atoms with Crippen LogP contribution in [0.2, 0.25) is 0 Å². The van der Waals surface area contributed by atoms with Gasteiger partial charge in [-0.25, -0.2) is 8.42 Å². The Labute approximate surface area is 199 Å². The van der Waals surface area contributed by atoms with Crippen LogP contribution in [-0.2, 0) is 14.8 Å². The molecule has 0 bridgehead atoms. The summed E-state index contributed by atoms with van der Waals surface area (Å²) >= 11 is 0. The van der Waals surface area contributed by atoms with Gasteiger partial charge in [0.15, 0.2) is 17.3 Å². The molecular formula is C25H26N2O6S. The monoisotopic (exact) mass is 482 g/mol. The van der Waals surface area contributed by atoms with Crippen molar-refractivity contribution in [2.75, 3.05) is 30.4 Å². The Balaban J connectivity index is 1.97. The van der Waals surface area contributed by atoms with Crippen molar-refractivity contribution in [1.82, 2.24) is 0 Å². The standard InChI is InChI=1S/C25H26N2O6S/c1-17-8-10-21(11-9-17)27(16-25(29)26-20-7-5-6-19(14-20)18(2)28)34(30,31)22-12-13-23(32-3)24(15-22)33-4/h5-15H,16H2,1-4H3,(H,26,29). The molecule has 0 aliphatic heterocycles. The fourth-order valence-corrected chi connectivity index (χ4v) is 4.71. The second-order valence-electron chi connectivity index (χ2n) is 7.55. The SMILES string of the molecule is COc1ccc(S(=O)(=O)N(CC(=O)Nc2cccc(C(C)=O)c2)c2ccc(C)cc2)cc1OC. The molecule has 178 valence electrons. The van der Waals surface area contributed by atoms with Crippen LogP contribution in [0.3, 0.4) is 0 Å². The number of carbonyl (C=O) groups excluding carboxylic acids is 2. The minimum atomic E-state index is -4.15. The summed E-state index contributed by atoms with van der Waals surface area (Å²) in [4.78, 5) is 24.5. The average molecular weight is 483 g/mol. The van der Waals surface area contributed by atoms with E-state index in [1.807, 2.05) is 6.92 Å². The molecule has 0 saturated heterocycles. The Morgan fingerprint density at radius 3 is 2.21 bits per heavy atom. The predicted molar refractivity (Wildman–Crippen MR) is 130 cm³/mol. The lowest BCUT2D eigenvalue weighted by Crippen LogP contribution is -2.38. The van der Waals surface area contributed by atoms with Crippen LogP contribution in [0, 0.1) is 6.92 Å². The molecule has 0 atom stereocenters. The molecule has 0 heterocycles. The number of hydrogen-bond donors (Lipinski definition) is 1. The first-order valence-corrected chi connectivity index (χ1v) is 11.8. The number of amides is 1. The van der Waals surface area contributed by atoms with Gasteiger partial charge in [-0.3, -0.25) is 13.9 Å². The van der Waals surface area contributed by atoms with Crippen molar-refractivity contribution in [1.29, 1.82) is 0 Å². The number of carbonyl (C=O) groups is 2. The van der Waals surface area contributed by atoms with E-state index in [0.29, 0.717) is 22.7 Å². The third-order valence-corrected chi connectivity index (χ3v) is 6.87. The first-order chi connectivity index (χ1) is 16.1. The van der Waals surface area contributed by atoms with E-state index in [0.717, 1.165) is 9.87 Å². The van der Waals surface area contributed by atoms with Gasteiger partial charge in [0.25, 0.3) is 10.0 Å². The Bertz CT molecular complexity index is 1300. The number of nitrogens with zero attached hydrogens (tertiary/aromatic N) is 1. The molecule has 0 fully saturated rings. The van der Waals surface area contributed by atoms with Crippen LogP contribution in [-0.4, -0.2) is 40.9 Å². The summed E-state index contributed by atoms with van der Waals surface area (Å²) in [7, 11) is -1.28. The summed E-state index contributed by atoms with van der Waals surface area (Å²) in [5.74, 6) is -0.0805. The van der Waals surface area contributed by atoms with Gasteiger partial charge in [-0.2, -0.15) is 0 Å². The molecular weight excluding hydrogens is 456 g/mol. The molecule has 34 heavy (non-hydrogen) atoms. The zero-order valence-electron chi connectivity index (χ0n) is 19.4. The number of anilines is 2. The minimum absolute atomic E-state index is 0.0582. The Morgan fingerprint density at radius 2 is 1.59 bits per heavy atom. The van der Waals surface area contributed by atoms with E-state index in [1.165, 1.54) is 39.3 Å². The average Bonchev–Trinajstić information content (AvgIpc) is 2.82. The van der Waals surface area contributed by atoms with Crippen molar-refractivity contribution in [3.05, 3.63) is 77.9 Å². The summed E-state index contributed by atoms with van der Waals surface area (Å²) in [6.07, 6.45) is 0. The van der Waals surface area contributed by atoms with E-state index in [-0.39, 0.29) is 16.4 Å². The van der Waals surface area contributed by atoms with Gasteiger partial charge in [0.1, 0.15) is 6.54 Å². The highest BCUT2D eigenvalue weighted by molar-refractivity contribution is 7.92. The van der Waals surface area contributed by atoms with Gasteiger partial charge < -0.3 is 14.8 Å². The van der Waals surface area contributed by atoms with Crippen molar-refractivity contribution in [2.24, 2.45) is 0 Å². The topological polar surface area (TPSA) is 102 Å². The maximum absolute atomic E-state index is 13.6. The maximum atomic E-state index is 13.6. The molecule has 1 amide bonds. The number of nitrogens with one attached hydrogen (secondary N) is 1. The molecule has 0 aromatic heterocycles. The second-order valence-corrected chi connectivity index (χ2v) is 9.41. The Hall–Kier alpha value is -3.85. The third-order valence-electron chi connectivity index (χ3n) is 5.11. The maximum Gasteiger partial charge on any atom is 0.264 e. The number of sulfonamides is 1. The van der Waals surface area contributed by atoms with Gasteiger partial charge >= 0.3 is 0 Å². The van der Waals surface area contributed by atoms with Crippen molar-refractivity contribution in [2.45, 2.75) is 18.7 Å². The summed E-state index contributed by atoms with van der Waals surface area (Å²) in [5, 5.41) is 2.67. The van der Waals surface area contributed by atoms with E-state index in [9.17, 15) is 18.0 Å². The molecule has 0 aliphatic carbocycles. The van der Waals surface area contributed by atoms with Crippen molar-refractivity contribution >= 4 is 33.1 Å². The van der Waals surface area contributed by atoms with Gasteiger partial charge in [-0.05, 0) is 50.2 Å². The smallest absolute Gasteiger partial charge is 0.264 e. The Kier molecular flexibility index (Phi) is 7.57. The molecule has 0 saturated carbocycles. The normalized spacial score (nSPS) is 10.9. The number of ketones is 1. The van der Waals surface area contributed by atoms with E-state index in [4.69, 9.17) is 9.47 Å². The molecule has 0 aliphatic rings. The van der Waals surface area contributed by atoms with Gasteiger partial charge in [-0.15, -0.1) is 0 Å². The largest absolute Gasteiger partial charge is 0.493 e. The van der Waals surface area contributed by atoms with Gasteiger partial charge in [0.05, 0.1) is 24.8 Å². The lowest BCUT2D eigenvalue weighted by atomic mass is 10.1. The number of ether oxygens (including phenoxy) is 2. The Morgan fingerprint density at radius 1 is 0.912 bits per heavy atom. The van der Waals surface area contributed by atoms with Crippen molar-refractivity contribution in [3.63, 3.8) is 0 Å². The second kappa shape index (κ2) is 10.4. The first-order valence-electron chi connectivity index (χ1n) is 10.4. The van der Waals surface area contributed by atoms with Gasteiger partial charge in [0.2, 0.25) is 5.91 Å². The lowest BCUT2D eigenvalue weighted by Gasteiger charge is -2.24. The van der Waals surface area contributed by atoms with Crippen molar-refractivity contribution < 1.29 is 27.5 Å². The molecule has 0 radical (unpaired) electrons. The molecule has 8 nitrogen and oxygen atoms in total. The highest BCUT2D eigenvalue weighted by atomic mass is 32.2. The number of aryl methyl sites for hydroxylation is 1. The van der Waals surface area contributed by atoms with Crippen LogP contribution in [0.25, 0.3) is 0 Å². The molecule has 3 rings (SSSR count). The lowest BCUT2D eigenvalue weighted by molar-refractivity contribution is -0.114. The fraction of sp³-hybridized carbons (Fsp3) is 0.200. The van der Waals surface area contributed by atoms with E-state index in [2.05, 4.69) is 5.32 Å². The number of Topliss-reactive ketones (excluding diaryl/α,β-unsaturated/α-hetero) is 1. The third kappa shape index (κ3) is 5.55. The zero-order valence-corrected chi connectivity index (χ0v) is 20.2. The van der Waals surface area contributed by atoms with Gasteiger partial charge in [-0.1, -0.05) is 29.8 Å². The van der Waals surface area contributed by atoms with E-state index in [1.54, 1.807) is 48.5 Å². The number of benzene rings is 3. The summed E-state index contributed by atoms with van der Waals surface area (Å²) < 4.78 is 38.7. The predicted octanol–water partition coefficient (Wildman–Crippen LogP) is 4.05. The van der Waals surface area contributed by atoms with E-state index < -0.39 is 22.5 Å². The quantitative estimate of drug-likeness (QED) is 0.462. The van der Waals surface area contributed by atoms with Crippen LogP contribution in [0.1, 0.15) is 22.8 Å². The molecule has 3 aromatic carbocycles. The van der Waals surface area contributed by atoms with Gasteiger partial charge in [0, 0.05) is 17.3 Å². The summed E-state index contributed by atoms with van der Waals surface area (Å²) in [6, 6.07) is 17.5. The van der Waals surface area contributed by atoms with Crippen LogP contribution in [0.4, 0.5) is 11.4 Å². The minimum Gasteiger partial charge on any atom is -0.493 e. The van der Waals surface area contributed by atoms with Crippen LogP contribution >= 0.6 is 0 Å². The van der Waals surface area contributed by atoms with Crippen molar-refractivity contribution in [3.8, 4) is 11.5 Å². The molecule has 9 heteroatoms. The van der Waals surface area contributed by atoms with Crippen LogP contribution in [0.5, 0.6) is 11.5 Å². The molecule has 3 aromatic rings. The summed E-state index contributed by atoms with van der Waals surface area (Å²) in [5.41, 5.74) is 2.10. The summed E-state index contributed by atoms with van der Waals surface area (Å²) in [6.45, 7) is 2.82. The van der Waals surface area contributed by atoms with Crippen LogP contribution < -0.4 is 19.1 Å². The molecule has 0 spiro atoms. The number of methoxy groups -OCH3 is 2. The highest BCUT2D eigenvalue weighted by Gasteiger charge is 2.28. The molecule has 1 N–H and O–H groups in total. The highest BCUT2D eigenvalue weighted by Crippen LogP contribution is 2.32. The fourth-order valence-electron chi connectivity index (χ4n) is 3.28. The molecule has 0 unspecified atom stereocenters.